The highest BCUT2D eigenvalue weighted by molar-refractivity contribution is 7.86. The normalized spacial score (nSPS) is 11.2. The average molecular weight is 366 g/mol. The van der Waals surface area contributed by atoms with Crippen LogP contribution < -0.4 is 5.32 Å². The highest BCUT2D eigenvalue weighted by Crippen LogP contribution is 2.38. The summed E-state index contributed by atoms with van der Waals surface area (Å²) in [7, 11) is -4.77. The Labute approximate surface area is 152 Å². The summed E-state index contributed by atoms with van der Waals surface area (Å²) in [4.78, 5) is 11.2. The Kier molecular flexibility index (Phi) is 4.88. The van der Waals surface area contributed by atoms with Gasteiger partial charge in [0.15, 0.2) is 0 Å². The van der Waals surface area contributed by atoms with Gasteiger partial charge in [-0.05, 0) is 23.3 Å². The van der Waals surface area contributed by atoms with Gasteiger partial charge in [0.05, 0.1) is 4.90 Å². The first-order valence-corrected chi connectivity index (χ1v) is 9.29. The summed E-state index contributed by atoms with van der Waals surface area (Å²) in [5, 5.41) is 2.67. The fraction of sp³-hybridized carbons (Fsp3) is 0.0500. The molecule has 3 aromatic rings. The van der Waals surface area contributed by atoms with Crippen molar-refractivity contribution in [3.63, 3.8) is 0 Å². The molecule has 0 aliphatic heterocycles. The predicted octanol–water partition coefficient (Wildman–Crippen LogP) is 3.88. The molecule has 0 atom stereocenters. The largest absolute Gasteiger partial charge is 0.744 e. The van der Waals surface area contributed by atoms with E-state index in [1.54, 1.807) is 60.7 Å². The van der Waals surface area contributed by atoms with Crippen molar-refractivity contribution in [3.8, 4) is 22.3 Å². The van der Waals surface area contributed by atoms with Gasteiger partial charge >= 0.3 is 0 Å². The van der Waals surface area contributed by atoms with E-state index in [4.69, 9.17) is 0 Å². The molecule has 26 heavy (non-hydrogen) atoms. The molecule has 5 nitrogen and oxygen atoms in total. The maximum atomic E-state index is 12.1. The van der Waals surface area contributed by atoms with Gasteiger partial charge in [-0.3, -0.25) is 4.79 Å². The van der Waals surface area contributed by atoms with Gasteiger partial charge in [-0.25, -0.2) is 8.42 Å². The minimum Gasteiger partial charge on any atom is -0.744 e. The molecule has 0 heterocycles. The quantitative estimate of drug-likeness (QED) is 0.710. The zero-order chi connectivity index (χ0) is 18.7. The second kappa shape index (κ2) is 7.11. The molecule has 6 heteroatoms. The molecule has 0 radical (unpaired) electrons. The fourth-order valence-electron chi connectivity index (χ4n) is 2.84. The Hall–Kier alpha value is -2.96. The maximum Gasteiger partial charge on any atom is 0.221 e. The molecular weight excluding hydrogens is 350 g/mol. The van der Waals surface area contributed by atoms with Crippen LogP contribution in [0.2, 0.25) is 0 Å². The van der Waals surface area contributed by atoms with Crippen LogP contribution >= 0.6 is 0 Å². The molecular formula is C20H16NO4S-. The molecule has 3 aromatic carbocycles. The third-order valence-electron chi connectivity index (χ3n) is 3.83. The zero-order valence-electron chi connectivity index (χ0n) is 14.0. The molecule has 1 N–H and O–H groups in total. The van der Waals surface area contributed by atoms with E-state index in [0.717, 1.165) is 0 Å². The monoisotopic (exact) mass is 366 g/mol. The van der Waals surface area contributed by atoms with Gasteiger partial charge in [0.1, 0.15) is 10.1 Å². The molecule has 0 bridgehead atoms. The SMILES string of the molecule is CC(=O)Nc1cc(-c2ccccc2)c(S(=O)(=O)[O-])c(-c2ccccc2)c1. The molecule has 0 aliphatic carbocycles. The third-order valence-corrected chi connectivity index (χ3v) is 4.77. The van der Waals surface area contributed by atoms with Crippen LogP contribution in [0.25, 0.3) is 22.3 Å². The van der Waals surface area contributed by atoms with Crippen molar-refractivity contribution in [2.24, 2.45) is 0 Å². The third kappa shape index (κ3) is 3.82. The molecule has 1 amide bonds. The Morgan fingerprint density at radius 2 is 1.27 bits per heavy atom. The van der Waals surface area contributed by atoms with Crippen LogP contribution in [0.4, 0.5) is 5.69 Å². The summed E-state index contributed by atoms with van der Waals surface area (Å²) < 4.78 is 36.3. The van der Waals surface area contributed by atoms with Crippen LogP contribution in [-0.2, 0) is 14.9 Å². The van der Waals surface area contributed by atoms with Crippen molar-refractivity contribution in [1.82, 2.24) is 0 Å². The Bertz CT molecular complexity index is 985. The summed E-state index contributed by atoms with van der Waals surface area (Å²) in [6.07, 6.45) is 0. The molecule has 0 unspecified atom stereocenters. The van der Waals surface area contributed by atoms with E-state index in [2.05, 4.69) is 5.32 Å². The summed E-state index contributed by atoms with van der Waals surface area (Å²) in [5.74, 6) is -0.291. The van der Waals surface area contributed by atoms with Crippen molar-refractivity contribution >= 4 is 21.7 Å². The van der Waals surface area contributed by atoms with Crippen molar-refractivity contribution in [3.05, 3.63) is 72.8 Å². The number of carbonyl (C=O) groups is 1. The van der Waals surface area contributed by atoms with E-state index in [1.165, 1.54) is 19.1 Å². The van der Waals surface area contributed by atoms with Gasteiger partial charge in [0.25, 0.3) is 0 Å². The van der Waals surface area contributed by atoms with Gasteiger partial charge in [-0.15, -0.1) is 0 Å². The van der Waals surface area contributed by atoms with Crippen LogP contribution in [0, 0.1) is 0 Å². The second-order valence-corrected chi connectivity index (χ2v) is 7.08. The average Bonchev–Trinajstić information content (AvgIpc) is 2.61. The highest BCUT2D eigenvalue weighted by Gasteiger charge is 2.19. The van der Waals surface area contributed by atoms with Gasteiger partial charge in [-0.2, -0.15) is 0 Å². The molecule has 0 aromatic heterocycles. The summed E-state index contributed by atoms with van der Waals surface area (Å²) in [6.45, 7) is 1.36. The number of benzene rings is 3. The first-order valence-electron chi connectivity index (χ1n) is 7.88. The lowest BCUT2D eigenvalue weighted by atomic mass is 9.97. The number of rotatable bonds is 4. The van der Waals surface area contributed by atoms with Crippen molar-refractivity contribution in [2.45, 2.75) is 11.8 Å². The molecule has 132 valence electrons. The number of anilines is 1. The fourth-order valence-corrected chi connectivity index (χ4v) is 3.73. The number of hydrogen-bond donors (Lipinski definition) is 1. The van der Waals surface area contributed by atoms with E-state index < -0.39 is 10.1 Å². The standard InChI is InChI=1S/C20H17NO4S/c1-14(22)21-17-12-18(15-8-4-2-5-9-15)20(26(23,24)25)19(13-17)16-10-6-3-7-11-16/h2-13H,1H3,(H,21,22)(H,23,24,25)/p-1. The van der Waals surface area contributed by atoms with E-state index >= 15 is 0 Å². The summed E-state index contributed by atoms with van der Waals surface area (Å²) >= 11 is 0. The number of amides is 1. The minimum atomic E-state index is -4.77. The number of hydrogen-bond acceptors (Lipinski definition) is 4. The predicted molar refractivity (Wildman–Crippen MR) is 99.6 cm³/mol. The molecule has 0 saturated carbocycles. The molecule has 0 spiro atoms. The van der Waals surface area contributed by atoms with Gasteiger partial charge in [-0.1, -0.05) is 60.7 Å². The topological polar surface area (TPSA) is 86.3 Å². The first-order chi connectivity index (χ1) is 12.4. The molecule has 0 saturated heterocycles. The van der Waals surface area contributed by atoms with Crippen molar-refractivity contribution in [1.29, 1.82) is 0 Å². The van der Waals surface area contributed by atoms with E-state index in [1.807, 2.05) is 0 Å². The minimum absolute atomic E-state index is 0.255. The van der Waals surface area contributed by atoms with Crippen molar-refractivity contribution < 1.29 is 17.8 Å². The van der Waals surface area contributed by atoms with Gasteiger partial charge < -0.3 is 9.87 Å². The summed E-state index contributed by atoms with van der Waals surface area (Å²) in [6, 6.07) is 20.5. The van der Waals surface area contributed by atoms with E-state index in [0.29, 0.717) is 16.8 Å². The Morgan fingerprint density at radius 3 is 1.62 bits per heavy atom. The van der Waals surface area contributed by atoms with Crippen LogP contribution in [0.5, 0.6) is 0 Å². The zero-order valence-corrected chi connectivity index (χ0v) is 14.8. The van der Waals surface area contributed by atoms with Crippen LogP contribution in [-0.4, -0.2) is 18.9 Å². The molecule has 0 fully saturated rings. The smallest absolute Gasteiger partial charge is 0.221 e. The van der Waals surface area contributed by atoms with Crippen LogP contribution in [0.3, 0.4) is 0 Å². The molecule has 3 rings (SSSR count). The van der Waals surface area contributed by atoms with Gasteiger partial charge in [0.2, 0.25) is 5.91 Å². The lowest BCUT2D eigenvalue weighted by Crippen LogP contribution is -2.09. The lowest BCUT2D eigenvalue weighted by molar-refractivity contribution is -0.114. The van der Waals surface area contributed by atoms with E-state index in [9.17, 15) is 17.8 Å². The van der Waals surface area contributed by atoms with Crippen LogP contribution in [0.15, 0.2) is 77.7 Å². The number of carbonyl (C=O) groups excluding carboxylic acids is 1. The highest BCUT2D eigenvalue weighted by atomic mass is 32.2. The lowest BCUT2D eigenvalue weighted by Gasteiger charge is -2.20. The molecule has 0 aliphatic rings. The Morgan fingerprint density at radius 1 is 0.846 bits per heavy atom. The van der Waals surface area contributed by atoms with Crippen LogP contribution in [0.1, 0.15) is 6.92 Å². The second-order valence-electron chi connectivity index (χ2n) is 5.77. The van der Waals surface area contributed by atoms with Crippen molar-refractivity contribution in [2.75, 3.05) is 5.32 Å². The first kappa shape index (κ1) is 17.8. The number of nitrogens with one attached hydrogen (secondary N) is 1. The van der Waals surface area contributed by atoms with E-state index in [-0.39, 0.29) is 21.9 Å². The maximum absolute atomic E-state index is 12.1. The van der Waals surface area contributed by atoms with Gasteiger partial charge in [0, 0.05) is 23.7 Å². The summed E-state index contributed by atoms with van der Waals surface area (Å²) in [5.41, 5.74) is 2.08. The Balaban J connectivity index is 2.40.